The van der Waals surface area contributed by atoms with E-state index in [1.807, 2.05) is 0 Å². The molecule has 0 spiro atoms. The maximum Gasteiger partial charge on any atom is 0.148 e. The van der Waals surface area contributed by atoms with Gasteiger partial charge in [-0.05, 0) is 32.1 Å². The van der Waals surface area contributed by atoms with E-state index in [4.69, 9.17) is 0 Å². The number of carbonyl (C=O) groups excluding carboxylic acids is 1. The zero-order valence-electron chi connectivity index (χ0n) is 11.4. The van der Waals surface area contributed by atoms with Crippen molar-refractivity contribution in [2.75, 3.05) is 0 Å². The highest BCUT2D eigenvalue weighted by atomic mass is 127. The summed E-state index contributed by atoms with van der Waals surface area (Å²) < 4.78 is -0.142. The molecule has 1 nitrogen and oxygen atoms in total. The van der Waals surface area contributed by atoms with Crippen molar-refractivity contribution < 1.29 is 4.79 Å². The summed E-state index contributed by atoms with van der Waals surface area (Å²) in [4.78, 5) is 11.9. The normalized spacial score (nSPS) is 29.7. The molecule has 2 atom stereocenters. The highest BCUT2D eigenvalue weighted by Crippen LogP contribution is 2.40. The second-order valence-corrected chi connectivity index (χ2v) is 13.2. The molecular formula is C14H23IOSi. The van der Waals surface area contributed by atoms with Crippen LogP contribution in [0.25, 0.3) is 0 Å². The maximum atomic E-state index is 11.9. The number of Topliss-reactive ketones (excluding diaryl/α,β-unsaturated/α-hetero) is 1. The van der Waals surface area contributed by atoms with E-state index in [-0.39, 0.29) is 3.42 Å². The Kier molecular flexibility index (Phi) is 5.27. The molecule has 2 unspecified atom stereocenters. The van der Waals surface area contributed by atoms with E-state index < -0.39 is 8.07 Å². The van der Waals surface area contributed by atoms with Gasteiger partial charge in [-0.25, -0.2) is 0 Å². The molecule has 1 fully saturated rings. The number of carbonyl (C=O) groups is 1. The van der Waals surface area contributed by atoms with Gasteiger partial charge in [0.2, 0.25) is 0 Å². The van der Waals surface area contributed by atoms with E-state index in [1.165, 1.54) is 6.42 Å². The van der Waals surface area contributed by atoms with Crippen LogP contribution in [-0.2, 0) is 4.79 Å². The highest BCUT2D eigenvalue weighted by Gasteiger charge is 2.40. The Morgan fingerprint density at radius 3 is 2.71 bits per heavy atom. The molecule has 96 valence electrons. The molecule has 0 aliphatic heterocycles. The van der Waals surface area contributed by atoms with Gasteiger partial charge in [0.25, 0.3) is 0 Å². The molecule has 0 N–H and O–H groups in total. The predicted molar refractivity (Wildman–Crippen MR) is 85.1 cm³/mol. The van der Waals surface area contributed by atoms with Crippen LogP contribution in [0, 0.1) is 17.4 Å². The molecule has 0 aromatic carbocycles. The number of halogens is 1. The van der Waals surface area contributed by atoms with Crippen molar-refractivity contribution in [1.82, 2.24) is 0 Å². The van der Waals surface area contributed by atoms with Crippen molar-refractivity contribution in [3.8, 4) is 11.5 Å². The minimum absolute atomic E-state index is 0.142. The highest BCUT2D eigenvalue weighted by molar-refractivity contribution is 14.1. The van der Waals surface area contributed by atoms with Crippen LogP contribution in [-0.4, -0.2) is 17.3 Å². The number of rotatable bonds is 2. The molecule has 0 aromatic rings. The standard InChI is InChI=1S/C14H23IOSi/c1-14(15)12(9-7-10-13(14)16)8-5-6-11-17(2,3)4/h12H,5,7-10H2,1-4H3. The van der Waals surface area contributed by atoms with E-state index >= 15 is 0 Å². The zero-order valence-corrected chi connectivity index (χ0v) is 14.6. The first kappa shape index (κ1) is 15.2. The minimum Gasteiger partial charge on any atom is -0.298 e. The second-order valence-electron chi connectivity index (χ2n) is 6.18. The Hall–Kier alpha value is 0.177. The van der Waals surface area contributed by atoms with E-state index in [1.54, 1.807) is 0 Å². The molecule has 0 amide bonds. The molecule has 1 rings (SSSR count). The maximum absolute atomic E-state index is 11.9. The number of ketones is 1. The van der Waals surface area contributed by atoms with Crippen molar-refractivity contribution in [2.24, 2.45) is 5.92 Å². The van der Waals surface area contributed by atoms with Gasteiger partial charge in [-0.1, -0.05) is 42.2 Å². The van der Waals surface area contributed by atoms with Crippen LogP contribution in [0.3, 0.4) is 0 Å². The van der Waals surface area contributed by atoms with Gasteiger partial charge in [-0.2, -0.15) is 0 Å². The van der Waals surface area contributed by atoms with E-state index in [2.05, 4.69) is 60.6 Å². The van der Waals surface area contributed by atoms with Crippen molar-refractivity contribution in [2.45, 2.75) is 62.1 Å². The first-order valence-electron chi connectivity index (χ1n) is 6.46. The van der Waals surface area contributed by atoms with Gasteiger partial charge >= 0.3 is 0 Å². The molecule has 1 aliphatic rings. The van der Waals surface area contributed by atoms with Gasteiger partial charge in [-0.3, -0.25) is 4.79 Å². The average molecular weight is 362 g/mol. The fourth-order valence-corrected chi connectivity index (χ4v) is 3.79. The third-order valence-corrected chi connectivity index (χ3v) is 5.76. The average Bonchev–Trinajstić information content (AvgIpc) is 2.17. The molecule has 17 heavy (non-hydrogen) atoms. The van der Waals surface area contributed by atoms with Gasteiger partial charge in [-0.15, -0.1) is 11.5 Å². The van der Waals surface area contributed by atoms with Crippen molar-refractivity contribution in [1.29, 1.82) is 0 Å². The lowest BCUT2D eigenvalue weighted by molar-refractivity contribution is -0.123. The van der Waals surface area contributed by atoms with Crippen LogP contribution in [0.2, 0.25) is 19.6 Å². The smallest absolute Gasteiger partial charge is 0.148 e. The molecule has 1 aliphatic carbocycles. The Bertz CT molecular complexity index is 343. The fourth-order valence-electron chi connectivity index (χ4n) is 2.24. The molecule has 0 radical (unpaired) electrons. The zero-order chi connectivity index (χ0) is 13.1. The van der Waals surface area contributed by atoms with Gasteiger partial charge < -0.3 is 0 Å². The number of alkyl halides is 1. The van der Waals surface area contributed by atoms with Gasteiger partial charge in [0.15, 0.2) is 0 Å². The first-order valence-corrected chi connectivity index (χ1v) is 11.0. The third-order valence-electron chi connectivity index (χ3n) is 3.35. The molecule has 0 heterocycles. The summed E-state index contributed by atoms with van der Waals surface area (Å²) >= 11 is 2.36. The second kappa shape index (κ2) is 5.88. The van der Waals surface area contributed by atoms with Crippen molar-refractivity contribution >= 4 is 36.4 Å². The summed E-state index contributed by atoms with van der Waals surface area (Å²) in [6.07, 6.45) is 5.09. The predicted octanol–water partition coefficient (Wildman–Crippen LogP) is 4.21. The van der Waals surface area contributed by atoms with Crippen LogP contribution < -0.4 is 0 Å². The van der Waals surface area contributed by atoms with Crippen LogP contribution in [0.1, 0.15) is 39.0 Å². The summed E-state index contributed by atoms with van der Waals surface area (Å²) in [7, 11) is -1.22. The van der Waals surface area contributed by atoms with Crippen molar-refractivity contribution in [3.63, 3.8) is 0 Å². The van der Waals surface area contributed by atoms with Gasteiger partial charge in [0, 0.05) is 12.8 Å². The van der Waals surface area contributed by atoms with Crippen LogP contribution in [0.5, 0.6) is 0 Å². The number of hydrogen-bond donors (Lipinski definition) is 0. The fraction of sp³-hybridized carbons (Fsp3) is 0.786. The van der Waals surface area contributed by atoms with Crippen LogP contribution in [0.4, 0.5) is 0 Å². The molecule has 0 saturated heterocycles. The Morgan fingerprint density at radius 2 is 2.12 bits per heavy atom. The summed E-state index contributed by atoms with van der Waals surface area (Å²) in [6.45, 7) is 8.91. The van der Waals surface area contributed by atoms with E-state index in [9.17, 15) is 4.79 Å². The van der Waals surface area contributed by atoms with Gasteiger partial charge in [0.05, 0.1) is 3.42 Å². The third kappa shape index (κ3) is 4.74. The van der Waals surface area contributed by atoms with Gasteiger partial charge in [0.1, 0.15) is 13.9 Å². The molecule has 3 heteroatoms. The molecule has 0 bridgehead atoms. The van der Waals surface area contributed by atoms with Crippen molar-refractivity contribution in [3.05, 3.63) is 0 Å². The Morgan fingerprint density at radius 1 is 1.47 bits per heavy atom. The SMILES string of the molecule is CC1(I)C(=O)CCCC1CCC#C[Si](C)(C)C. The Balaban J connectivity index is 2.51. The Labute approximate surface area is 120 Å². The lowest BCUT2D eigenvalue weighted by Gasteiger charge is -2.35. The van der Waals surface area contributed by atoms with Crippen LogP contribution >= 0.6 is 22.6 Å². The lowest BCUT2D eigenvalue weighted by Crippen LogP contribution is -2.40. The largest absolute Gasteiger partial charge is 0.298 e. The summed E-state index contributed by atoms with van der Waals surface area (Å²) in [6, 6.07) is 0. The number of hydrogen-bond acceptors (Lipinski definition) is 1. The minimum atomic E-state index is -1.22. The summed E-state index contributed by atoms with van der Waals surface area (Å²) in [5.41, 5.74) is 3.40. The summed E-state index contributed by atoms with van der Waals surface area (Å²) in [5, 5.41) is 0. The molecular weight excluding hydrogens is 339 g/mol. The van der Waals surface area contributed by atoms with E-state index in [0.29, 0.717) is 11.7 Å². The lowest BCUT2D eigenvalue weighted by atomic mass is 9.77. The summed E-state index contributed by atoms with van der Waals surface area (Å²) in [5.74, 6) is 4.29. The molecule has 1 saturated carbocycles. The quantitative estimate of drug-likeness (QED) is 0.311. The van der Waals surface area contributed by atoms with E-state index in [0.717, 1.165) is 25.7 Å². The van der Waals surface area contributed by atoms with Crippen LogP contribution in [0.15, 0.2) is 0 Å². The first-order chi connectivity index (χ1) is 7.73. The molecule has 0 aromatic heterocycles. The monoisotopic (exact) mass is 362 g/mol. The topological polar surface area (TPSA) is 17.1 Å².